The van der Waals surface area contributed by atoms with Crippen LogP contribution >= 0.6 is 11.3 Å². The van der Waals surface area contributed by atoms with E-state index in [9.17, 15) is 4.79 Å². The zero-order valence-electron chi connectivity index (χ0n) is 11.4. The standard InChI is InChI=1S/C14H21N3OS/c1-9-8-10(6-7-15-9)13(18)17-14-16-11-4-2-3-5-12(11)19-14/h9-10,15H,2-8H2,1H3,(H,16,17,18)/t9-,10-/m0/s1. The Labute approximate surface area is 118 Å². The number of aryl methyl sites for hydroxylation is 2. The topological polar surface area (TPSA) is 54.0 Å². The maximum atomic E-state index is 12.3. The second-order valence-corrected chi connectivity index (χ2v) is 6.75. The van der Waals surface area contributed by atoms with Crippen LogP contribution in [0.5, 0.6) is 0 Å². The van der Waals surface area contributed by atoms with Crippen molar-refractivity contribution < 1.29 is 4.79 Å². The van der Waals surface area contributed by atoms with Crippen LogP contribution in [-0.4, -0.2) is 23.5 Å². The third kappa shape index (κ3) is 2.98. The van der Waals surface area contributed by atoms with Crippen molar-refractivity contribution in [3.05, 3.63) is 10.6 Å². The Bertz CT molecular complexity index is 448. The van der Waals surface area contributed by atoms with Crippen molar-refractivity contribution in [2.75, 3.05) is 11.9 Å². The molecule has 1 amide bonds. The summed E-state index contributed by atoms with van der Waals surface area (Å²) in [4.78, 5) is 18.2. The number of amides is 1. The molecule has 3 rings (SSSR count). The highest BCUT2D eigenvalue weighted by Gasteiger charge is 2.26. The van der Waals surface area contributed by atoms with Crippen molar-refractivity contribution in [1.29, 1.82) is 0 Å². The number of anilines is 1. The number of hydrogen-bond acceptors (Lipinski definition) is 4. The molecule has 1 aromatic heterocycles. The lowest BCUT2D eigenvalue weighted by Crippen LogP contribution is -2.40. The van der Waals surface area contributed by atoms with E-state index >= 15 is 0 Å². The Kier molecular flexibility index (Phi) is 3.84. The third-order valence-corrected chi connectivity index (χ3v) is 5.14. The van der Waals surface area contributed by atoms with Crippen LogP contribution in [0, 0.1) is 5.92 Å². The van der Waals surface area contributed by atoms with Gasteiger partial charge in [0.1, 0.15) is 0 Å². The number of piperidine rings is 1. The number of fused-ring (bicyclic) bond motifs is 1. The maximum absolute atomic E-state index is 12.3. The molecule has 0 aromatic carbocycles. The first-order valence-corrected chi connectivity index (χ1v) is 8.07. The molecule has 0 radical (unpaired) electrons. The van der Waals surface area contributed by atoms with Crippen LogP contribution in [0.3, 0.4) is 0 Å². The minimum absolute atomic E-state index is 0.136. The highest BCUT2D eigenvalue weighted by atomic mass is 32.1. The molecule has 4 nitrogen and oxygen atoms in total. The van der Waals surface area contributed by atoms with Gasteiger partial charge < -0.3 is 10.6 Å². The average molecular weight is 279 g/mol. The summed E-state index contributed by atoms with van der Waals surface area (Å²) in [6, 6.07) is 0.439. The van der Waals surface area contributed by atoms with Crippen LogP contribution in [0.1, 0.15) is 43.2 Å². The molecule has 1 fully saturated rings. The second-order valence-electron chi connectivity index (χ2n) is 5.66. The molecule has 0 unspecified atom stereocenters. The summed E-state index contributed by atoms with van der Waals surface area (Å²) in [5, 5.41) is 7.22. The monoisotopic (exact) mass is 279 g/mol. The number of carbonyl (C=O) groups excluding carboxylic acids is 1. The van der Waals surface area contributed by atoms with Gasteiger partial charge >= 0.3 is 0 Å². The summed E-state index contributed by atoms with van der Waals surface area (Å²) < 4.78 is 0. The summed E-state index contributed by atoms with van der Waals surface area (Å²) in [7, 11) is 0. The van der Waals surface area contributed by atoms with E-state index in [1.54, 1.807) is 11.3 Å². The molecule has 1 aliphatic heterocycles. The Morgan fingerprint density at radius 1 is 1.42 bits per heavy atom. The van der Waals surface area contributed by atoms with Crippen molar-refractivity contribution >= 4 is 22.4 Å². The van der Waals surface area contributed by atoms with Gasteiger partial charge in [-0.15, -0.1) is 11.3 Å². The molecule has 2 aliphatic rings. The molecule has 0 saturated carbocycles. The summed E-state index contributed by atoms with van der Waals surface area (Å²) >= 11 is 1.67. The van der Waals surface area contributed by atoms with Gasteiger partial charge in [-0.25, -0.2) is 4.98 Å². The van der Waals surface area contributed by atoms with Gasteiger partial charge in [-0.1, -0.05) is 0 Å². The average Bonchev–Trinajstić information content (AvgIpc) is 2.80. The van der Waals surface area contributed by atoms with Gasteiger partial charge in [-0.3, -0.25) is 4.79 Å². The van der Waals surface area contributed by atoms with E-state index in [0.717, 1.165) is 37.4 Å². The van der Waals surface area contributed by atoms with Crippen LogP contribution in [0.25, 0.3) is 0 Å². The Morgan fingerprint density at radius 3 is 3.05 bits per heavy atom. The number of thiazole rings is 1. The first kappa shape index (κ1) is 13.1. The normalized spacial score (nSPS) is 26.8. The molecular weight excluding hydrogens is 258 g/mol. The van der Waals surface area contributed by atoms with E-state index in [2.05, 4.69) is 22.5 Å². The van der Waals surface area contributed by atoms with Gasteiger partial charge in [0.2, 0.25) is 5.91 Å². The minimum atomic E-state index is 0.136. The second kappa shape index (κ2) is 5.59. The van der Waals surface area contributed by atoms with E-state index in [0.29, 0.717) is 6.04 Å². The zero-order chi connectivity index (χ0) is 13.2. The molecule has 2 N–H and O–H groups in total. The molecule has 1 aromatic rings. The quantitative estimate of drug-likeness (QED) is 0.873. The van der Waals surface area contributed by atoms with E-state index in [1.165, 1.54) is 23.4 Å². The molecule has 1 aliphatic carbocycles. The molecular formula is C14H21N3OS. The van der Waals surface area contributed by atoms with Crippen LogP contribution in [0.2, 0.25) is 0 Å². The Hall–Kier alpha value is -0.940. The highest BCUT2D eigenvalue weighted by Crippen LogP contribution is 2.30. The minimum Gasteiger partial charge on any atom is -0.314 e. The molecule has 2 atom stereocenters. The predicted octanol–water partition coefficient (Wildman–Crippen LogP) is 2.35. The van der Waals surface area contributed by atoms with Crippen LogP contribution in [0.4, 0.5) is 5.13 Å². The number of nitrogens with one attached hydrogen (secondary N) is 2. The van der Waals surface area contributed by atoms with E-state index < -0.39 is 0 Å². The van der Waals surface area contributed by atoms with Gasteiger partial charge in [0.15, 0.2) is 5.13 Å². The maximum Gasteiger partial charge on any atom is 0.229 e. The van der Waals surface area contributed by atoms with E-state index in [4.69, 9.17) is 0 Å². The summed E-state index contributed by atoms with van der Waals surface area (Å²) in [6.07, 6.45) is 6.56. The number of carbonyl (C=O) groups is 1. The van der Waals surface area contributed by atoms with Gasteiger partial charge in [0, 0.05) is 16.8 Å². The van der Waals surface area contributed by atoms with Gasteiger partial charge in [0.05, 0.1) is 5.69 Å². The lowest BCUT2D eigenvalue weighted by atomic mass is 9.92. The van der Waals surface area contributed by atoms with Crippen molar-refractivity contribution in [3.63, 3.8) is 0 Å². The lowest BCUT2D eigenvalue weighted by Gasteiger charge is -2.26. The van der Waals surface area contributed by atoms with Crippen LogP contribution < -0.4 is 10.6 Å². The van der Waals surface area contributed by atoms with Crippen molar-refractivity contribution in [1.82, 2.24) is 10.3 Å². The zero-order valence-corrected chi connectivity index (χ0v) is 12.2. The fourth-order valence-electron chi connectivity index (χ4n) is 2.98. The van der Waals surface area contributed by atoms with Crippen molar-refractivity contribution in [2.24, 2.45) is 5.92 Å². The largest absolute Gasteiger partial charge is 0.314 e. The molecule has 5 heteroatoms. The molecule has 0 spiro atoms. The fraction of sp³-hybridized carbons (Fsp3) is 0.714. The third-order valence-electron chi connectivity index (χ3n) is 4.07. The molecule has 1 saturated heterocycles. The molecule has 0 bridgehead atoms. The molecule has 19 heavy (non-hydrogen) atoms. The van der Waals surface area contributed by atoms with Crippen molar-refractivity contribution in [3.8, 4) is 0 Å². The number of nitrogens with zero attached hydrogens (tertiary/aromatic N) is 1. The van der Waals surface area contributed by atoms with Gasteiger partial charge in [0.25, 0.3) is 0 Å². The summed E-state index contributed by atoms with van der Waals surface area (Å²) in [5.74, 6) is 0.289. The van der Waals surface area contributed by atoms with Gasteiger partial charge in [-0.05, 0) is 52.0 Å². The molecule has 104 valence electrons. The first-order chi connectivity index (χ1) is 9.22. The lowest BCUT2D eigenvalue weighted by molar-refractivity contribution is -0.120. The summed E-state index contributed by atoms with van der Waals surface area (Å²) in [6.45, 7) is 3.08. The van der Waals surface area contributed by atoms with E-state index in [-0.39, 0.29) is 11.8 Å². The Balaban J connectivity index is 1.64. The Morgan fingerprint density at radius 2 is 2.26 bits per heavy atom. The number of aromatic nitrogens is 1. The molecule has 2 heterocycles. The first-order valence-electron chi connectivity index (χ1n) is 7.25. The van der Waals surface area contributed by atoms with E-state index in [1.807, 2.05) is 0 Å². The van der Waals surface area contributed by atoms with Crippen molar-refractivity contribution in [2.45, 2.75) is 51.5 Å². The smallest absolute Gasteiger partial charge is 0.229 e. The van der Waals surface area contributed by atoms with Crippen LogP contribution in [0.15, 0.2) is 0 Å². The van der Waals surface area contributed by atoms with Crippen LogP contribution in [-0.2, 0) is 17.6 Å². The number of rotatable bonds is 2. The van der Waals surface area contributed by atoms with Gasteiger partial charge in [-0.2, -0.15) is 0 Å². The predicted molar refractivity (Wildman–Crippen MR) is 77.6 cm³/mol. The summed E-state index contributed by atoms with van der Waals surface area (Å²) in [5.41, 5.74) is 1.21. The fourth-order valence-corrected chi connectivity index (χ4v) is 4.04. The highest BCUT2D eigenvalue weighted by molar-refractivity contribution is 7.15. The SMILES string of the molecule is C[C@H]1C[C@@H](C(=O)Nc2nc3c(s2)CCCC3)CCN1. The number of hydrogen-bond donors (Lipinski definition) is 2.